The number of hydrogen-bond acceptors (Lipinski definition) is 6. The molecule has 0 radical (unpaired) electrons. The Balaban J connectivity index is 2.24. The van der Waals surface area contributed by atoms with Crippen molar-refractivity contribution >= 4 is 29.5 Å². The van der Waals surface area contributed by atoms with Gasteiger partial charge in [-0.15, -0.1) is 0 Å². The first-order valence-electron chi connectivity index (χ1n) is 7.03. The lowest BCUT2D eigenvalue weighted by atomic mass is 10.2. The van der Waals surface area contributed by atoms with Crippen LogP contribution in [0.2, 0.25) is 5.02 Å². The second-order valence-corrected chi connectivity index (χ2v) is 5.06. The molecule has 132 valence electrons. The van der Waals surface area contributed by atoms with E-state index >= 15 is 0 Å². The Bertz CT molecular complexity index is 593. The highest BCUT2D eigenvalue weighted by molar-refractivity contribution is 6.31. The number of carbonyl (C=O) groups excluding carboxylic acids is 3. The fraction of sp³-hybridized carbons (Fsp3) is 0.400. The molecule has 9 heteroatoms. The molecular weight excluding hydrogens is 340 g/mol. The first-order chi connectivity index (χ1) is 11.4. The molecule has 0 unspecified atom stereocenters. The van der Waals surface area contributed by atoms with Crippen LogP contribution in [0, 0.1) is 6.92 Å². The average molecular weight is 359 g/mol. The van der Waals surface area contributed by atoms with E-state index in [1.807, 2.05) is 5.32 Å². The summed E-state index contributed by atoms with van der Waals surface area (Å²) in [5.41, 5.74) is 0.807. The van der Waals surface area contributed by atoms with Gasteiger partial charge in [0.25, 0.3) is 5.91 Å². The zero-order valence-electron chi connectivity index (χ0n) is 13.4. The summed E-state index contributed by atoms with van der Waals surface area (Å²) in [4.78, 5) is 34.2. The third kappa shape index (κ3) is 7.80. The smallest absolute Gasteiger partial charge is 0.344 e. The molecule has 0 aromatic heterocycles. The highest BCUT2D eigenvalue weighted by atomic mass is 35.5. The molecule has 0 aliphatic rings. The van der Waals surface area contributed by atoms with Gasteiger partial charge in [-0.3, -0.25) is 10.1 Å². The SMILES string of the molecule is COCCNC(=O)NC(=O)COC(=O)COc1ccc(Cl)c(C)c1. The number of methoxy groups -OCH3 is 1. The number of rotatable bonds is 8. The Hall–Kier alpha value is -2.32. The third-order valence-electron chi connectivity index (χ3n) is 2.70. The zero-order valence-corrected chi connectivity index (χ0v) is 14.1. The number of amides is 3. The second kappa shape index (κ2) is 10.5. The van der Waals surface area contributed by atoms with Crippen LogP contribution in [0.1, 0.15) is 5.56 Å². The molecule has 3 amide bonds. The van der Waals surface area contributed by atoms with Crippen LogP contribution in [0.25, 0.3) is 0 Å². The molecule has 0 aliphatic carbocycles. The number of hydrogen-bond donors (Lipinski definition) is 2. The Morgan fingerprint density at radius 3 is 2.62 bits per heavy atom. The highest BCUT2D eigenvalue weighted by Crippen LogP contribution is 2.20. The van der Waals surface area contributed by atoms with Gasteiger partial charge in [0.2, 0.25) is 0 Å². The lowest BCUT2D eigenvalue weighted by Gasteiger charge is -2.09. The molecule has 0 heterocycles. The van der Waals surface area contributed by atoms with E-state index in [0.717, 1.165) is 5.56 Å². The summed E-state index contributed by atoms with van der Waals surface area (Å²) in [5, 5.41) is 4.98. The largest absolute Gasteiger partial charge is 0.482 e. The van der Waals surface area contributed by atoms with E-state index in [-0.39, 0.29) is 13.2 Å². The maximum atomic E-state index is 11.5. The van der Waals surface area contributed by atoms with Gasteiger partial charge in [0, 0.05) is 18.7 Å². The normalized spacial score (nSPS) is 9.96. The lowest BCUT2D eigenvalue weighted by molar-refractivity contribution is -0.150. The van der Waals surface area contributed by atoms with E-state index in [1.165, 1.54) is 7.11 Å². The van der Waals surface area contributed by atoms with Crippen molar-refractivity contribution < 1.29 is 28.6 Å². The molecule has 24 heavy (non-hydrogen) atoms. The van der Waals surface area contributed by atoms with Crippen molar-refractivity contribution in [2.24, 2.45) is 0 Å². The van der Waals surface area contributed by atoms with Gasteiger partial charge in [-0.05, 0) is 30.7 Å². The van der Waals surface area contributed by atoms with E-state index in [4.69, 9.17) is 25.8 Å². The molecule has 0 saturated carbocycles. The van der Waals surface area contributed by atoms with Gasteiger partial charge in [-0.1, -0.05) is 11.6 Å². The monoisotopic (exact) mass is 358 g/mol. The molecule has 0 spiro atoms. The molecule has 0 saturated heterocycles. The molecule has 0 aliphatic heterocycles. The van der Waals surface area contributed by atoms with Crippen molar-refractivity contribution in [1.29, 1.82) is 0 Å². The summed E-state index contributed by atoms with van der Waals surface area (Å²) in [6, 6.07) is 4.24. The molecule has 0 fully saturated rings. The van der Waals surface area contributed by atoms with Crippen LogP contribution in [0.15, 0.2) is 18.2 Å². The number of benzene rings is 1. The van der Waals surface area contributed by atoms with Gasteiger partial charge in [0.15, 0.2) is 13.2 Å². The van der Waals surface area contributed by atoms with Crippen LogP contribution < -0.4 is 15.4 Å². The molecule has 1 rings (SSSR count). The minimum absolute atomic E-state index is 0.254. The van der Waals surface area contributed by atoms with Gasteiger partial charge < -0.3 is 19.5 Å². The van der Waals surface area contributed by atoms with Crippen molar-refractivity contribution in [2.75, 3.05) is 33.5 Å². The van der Waals surface area contributed by atoms with Crippen LogP contribution >= 0.6 is 11.6 Å². The predicted octanol–water partition coefficient (Wildman–Crippen LogP) is 1.04. The van der Waals surface area contributed by atoms with Crippen LogP contribution in [-0.2, 0) is 19.1 Å². The summed E-state index contributed by atoms with van der Waals surface area (Å²) >= 11 is 5.88. The van der Waals surface area contributed by atoms with Crippen molar-refractivity contribution in [1.82, 2.24) is 10.6 Å². The topological polar surface area (TPSA) is 103 Å². The summed E-state index contributed by atoms with van der Waals surface area (Å²) in [6.45, 7) is 1.42. The minimum atomic E-state index is -0.749. The van der Waals surface area contributed by atoms with E-state index in [9.17, 15) is 14.4 Å². The van der Waals surface area contributed by atoms with E-state index < -0.39 is 24.5 Å². The van der Waals surface area contributed by atoms with Crippen molar-refractivity contribution in [3.63, 3.8) is 0 Å². The lowest BCUT2D eigenvalue weighted by Crippen LogP contribution is -2.42. The van der Waals surface area contributed by atoms with Crippen molar-refractivity contribution in [3.05, 3.63) is 28.8 Å². The Morgan fingerprint density at radius 1 is 1.21 bits per heavy atom. The Labute approximate surface area is 144 Å². The summed E-state index contributed by atoms with van der Waals surface area (Å²) in [6.07, 6.45) is 0. The van der Waals surface area contributed by atoms with Crippen molar-refractivity contribution in [2.45, 2.75) is 6.92 Å². The van der Waals surface area contributed by atoms with Crippen molar-refractivity contribution in [3.8, 4) is 5.75 Å². The number of carbonyl (C=O) groups is 3. The Kier molecular flexibility index (Phi) is 8.59. The number of halogens is 1. The van der Waals surface area contributed by atoms with E-state index in [1.54, 1.807) is 25.1 Å². The molecule has 1 aromatic carbocycles. The van der Waals surface area contributed by atoms with Crippen LogP contribution in [0.4, 0.5) is 4.79 Å². The van der Waals surface area contributed by atoms with Crippen LogP contribution in [0.5, 0.6) is 5.75 Å². The number of urea groups is 1. The molecule has 8 nitrogen and oxygen atoms in total. The van der Waals surface area contributed by atoms with Gasteiger partial charge in [0.1, 0.15) is 5.75 Å². The predicted molar refractivity (Wildman–Crippen MR) is 86.1 cm³/mol. The first kappa shape index (κ1) is 19.7. The average Bonchev–Trinajstić information content (AvgIpc) is 2.54. The maximum Gasteiger partial charge on any atom is 0.344 e. The molecular formula is C15H19ClN2O6. The quantitative estimate of drug-likeness (QED) is 0.531. The molecule has 1 aromatic rings. The summed E-state index contributed by atoms with van der Waals surface area (Å²) < 4.78 is 14.7. The third-order valence-corrected chi connectivity index (χ3v) is 3.12. The second-order valence-electron chi connectivity index (χ2n) is 4.66. The maximum absolute atomic E-state index is 11.5. The molecule has 0 atom stereocenters. The van der Waals surface area contributed by atoms with Crippen LogP contribution in [-0.4, -0.2) is 51.4 Å². The number of ether oxygens (including phenoxy) is 3. The van der Waals surface area contributed by atoms with Gasteiger partial charge >= 0.3 is 12.0 Å². The standard InChI is InChI=1S/C15H19ClN2O6/c1-10-7-11(3-4-12(10)16)23-9-14(20)24-8-13(19)18-15(21)17-5-6-22-2/h3-4,7H,5-6,8-9H2,1-2H3,(H2,17,18,19,21). The number of nitrogens with one attached hydrogen (secondary N) is 2. The van der Waals surface area contributed by atoms with Gasteiger partial charge in [0.05, 0.1) is 6.61 Å². The van der Waals surface area contributed by atoms with E-state index in [2.05, 4.69) is 5.32 Å². The summed E-state index contributed by atoms with van der Waals surface area (Å²) in [5.74, 6) is -1.03. The van der Waals surface area contributed by atoms with E-state index in [0.29, 0.717) is 17.4 Å². The number of esters is 1. The van der Waals surface area contributed by atoms with Gasteiger partial charge in [-0.2, -0.15) is 0 Å². The number of aryl methyl sites for hydroxylation is 1. The molecule has 2 N–H and O–H groups in total. The fourth-order valence-electron chi connectivity index (χ4n) is 1.51. The Morgan fingerprint density at radius 2 is 1.96 bits per heavy atom. The minimum Gasteiger partial charge on any atom is -0.482 e. The fourth-order valence-corrected chi connectivity index (χ4v) is 1.63. The first-order valence-corrected chi connectivity index (χ1v) is 7.41. The molecule has 0 bridgehead atoms. The highest BCUT2D eigenvalue weighted by Gasteiger charge is 2.11. The summed E-state index contributed by atoms with van der Waals surface area (Å²) in [7, 11) is 1.48. The number of imide groups is 1. The van der Waals surface area contributed by atoms with Crippen LogP contribution in [0.3, 0.4) is 0 Å². The van der Waals surface area contributed by atoms with Gasteiger partial charge in [-0.25, -0.2) is 9.59 Å². The zero-order chi connectivity index (χ0) is 17.9.